The van der Waals surface area contributed by atoms with E-state index in [2.05, 4.69) is 65.6 Å². The first-order valence-corrected chi connectivity index (χ1v) is 10.4. The van der Waals surface area contributed by atoms with Crippen molar-refractivity contribution >= 4 is 0 Å². The predicted molar refractivity (Wildman–Crippen MR) is 117 cm³/mol. The number of hydrogen-bond acceptors (Lipinski definition) is 3. The highest BCUT2D eigenvalue weighted by atomic mass is 16.5. The van der Waals surface area contributed by atoms with E-state index in [1.54, 1.807) is 7.11 Å². The monoisotopic (exact) mass is 387 g/mol. The van der Waals surface area contributed by atoms with Gasteiger partial charge < -0.3 is 9.84 Å². The summed E-state index contributed by atoms with van der Waals surface area (Å²) < 4.78 is 5.37. The van der Waals surface area contributed by atoms with Crippen molar-refractivity contribution in [2.45, 2.75) is 24.4 Å². The third kappa shape index (κ3) is 4.52. The van der Waals surface area contributed by atoms with Crippen LogP contribution in [-0.4, -0.2) is 36.8 Å². The Hall–Kier alpha value is -2.62. The fourth-order valence-electron chi connectivity index (χ4n) is 4.46. The van der Waals surface area contributed by atoms with Gasteiger partial charge in [-0.15, -0.1) is 0 Å². The second-order valence-corrected chi connectivity index (χ2v) is 7.98. The van der Waals surface area contributed by atoms with Crippen LogP contribution >= 0.6 is 0 Å². The Morgan fingerprint density at radius 2 is 1.59 bits per heavy atom. The Balaban J connectivity index is 1.58. The van der Waals surface area contributed by atoms with Crippen LogP contribution in [0.5, 0.6) is 5.75 Å². The van der Waals surface area contributed by atoms with E-state index < -0.39 is 5.60 Å². The summed E-state index contributed by atoms with van der Waals surface area (Å²) in [4.78, 5) is 2.41. The molecule has 1 fully saturated rings. The SMILES string of the molecule is COc1cccc(C2(O)CCCN(CC(c3ccccc3)c3ccccc3)C2)c1. The number of piperidine rings is 1. The molecular weight excluding hydrogens is 358 g/mol. The molecule has 0 spiro atoms. The van der Waals surface area contributed by atoms with E-state index in [1.807, 2.05) is 24.3 Å². The van der Waals surface area contributed by atoms with Crippen molar-refractivity contribution in [2.75, 3.05) is 26.7 Å². The van der Waals surface area contributed by atoms with Crippen LogP contribution in [0.1, 0.15) is 35.4 Å². The van der Waals surface area contributed by atoms with Crippen LogP contribution in [0.2, 0.25) is 0 Å². The molecule has 0 amide bonds. The van der Waals surface area contributed by atoms with Crippen molar-refractivity contribution in [1.29, 1.82) is 0 Å². The first kappa shape index (κ1) is 19.7. The number of aliphatic hydroxyl groups is 1. The molecule has 0 saturated carbocycles. The van der Waals surface area contributed by atoms with Gasteiger partial charge in [-0.3, -0.25) is 4.90 Å². The van der Waals surface area contributed by atoms with Gasteiger partial charge in [0.2, 0.25) is 0 Å². The molecular formula is C26H29NO2. The largest absolute Gasteiger partial charge is 0.497 e. The molecule has 1 atom stereocenters. The predicted octanol–water partition coefficient (Wildman–Crippen LogP) is 4.81. The van der Waals surface area contributed by atoms with Crippen LogP contribution in [0.4, 0.5) is 0 Å². The zero-order valence-electron chi connectivity index (χ0n) is 17.0. The summed E-state index contributed by atoms with van der Waals surface area (Å²) in [7, 11) is 1.67. The Morgan fingerprint density at radius 3 is 2.21 bits per heavy atom. The fourth-order valence-corrected chi connectivity index (χ4v) is 4.46. The van der Waals surface area contributed by atoms with Gasteiger partial charge in [0.1, 0.15) is 11.4 Å². The molecule has 150 valence electrons. The molecule has 1 aliphatic rings. The van der Waals surface area contributed by atoms with Crippen LogP contribution in [0, 0.1) is 0 Å². The summed E-state index contributed by atoms with van der Waals surface area (Å²) in [5.41, 5.74) is 2.73. The highest BCUT2D eigenvalue weighted by molar-refractivity contribution is 5.34. The summed E-state index contributed by atoms with van der Waals surface area (Å²) in [5.74, 6) is 1.07. The number of hydrogen-bond donors (Lipinski definition) is 1. The summed E-state index contributed by atoms with van der Waals surface area (Å²) in [5, 5.41) is 11.5. The Labute approximate surface area is 173 Å². The van der Waals surface area contributed by atoms with Crippen LogP contribution in [0.25, 0.3) is 0 Å². The number of methoxy groups -OCH3 is 1. The van der Waals surface area contributed by atoms with Gasteiger partial charge in [0.05, 0.1) is 7.11 Å². The molecule has 0 radical (unpaired) electrons. The van der Waals surface area contributed by atoms with Gasteiger partial charge >= 0.3 is 0 Å². The number of β-amino-alcohol motifs (C(OH)–C–C–N with tert-alkyl or cyclic N) is 1. The second kappa shape index (κ2) is 8.81. The molecule has 1 heterocycles. The number of nitrogens with zero attached hydrogens (tertiary/aromatic N) is 1. The van der Waals surface area contributed by atoms with Crippen LogP contribution in [-0.2, 0) is 5.60 Å². The van der Waals surface area contributed by atoms with Crippen molar-refractivity contribution in [1.82, 2.24) is 4.90 Å². The Kier molecular flexibility index (Phi) is 5.98. The molecule has 0 aromatic heterocycles. The third-order valence-corrected chi connectivity index (χ3v) is 6.00. The van der Waals surface area contributed by atoms with Crippen molar-refractivity contribution in [3.8, 4) is 5.75 Å². The minimum absolute atomic E-state index is 0.282. The molecule has 0 bridgehead atoms. The minimum atomic E-state index is -0.843. The maximum Gasteiger partial charge on any atom is 0.119 e. The van der Waals surface area contributed by atoms with Gasteiger partial charge in [-0.25, -0.2) is 0 Å². The van der Waals surface area contributed by atoms with Crippen LogP contribution in [0.15, 0.2) is 84.9 Å². The standard InChI is InChI=1S/C26H29NO2/c1-29-24-15-8-14-23(18-24)26(28)16-9-17-27(20-26)19-25(21-10-4-2-5-11-21)22-12-6-3-7-13-22/h2-8,10-15,18,25,28H,9,16-17,19-20H2,1H3. The molecule has 4 rings (SSSR count). The van der Waals surface area contributed by atoms with Crippen molar-refractivity contribution in [3.05, 3.63) is 102 Å². The first-order valence-electron chi connectivity index (χ1n) is 10.4. The first-order chi connectivity index (χ1) is 14.2. The lowest BCUT2D eigenvalue weighted by Crippen LogP contribution is -2.47. The van der Waals surface area contributed by atoms with E-state index in [4.69, 9.17) is 4.74 Å². The summed E-state index contributed by atoms with van der Waals surface area (Å²) in [6, 6.07) is 29.2. The maximum atomic E-state index is 11.5. The second-order valence-electron chi connectivity index (χ2n) is 7.98. The Morgan fingerprint density at radius 1 is 0.931 bits per heavy atom. The van der Waals surface area contributed by atoms with Gasteiger partial charge in [-0.05, 0) is 48.2 Å². The molecule has 3 aromatic rings. The molecule has 29 heavy (non-hydrogen) atoms. The molecule has 3 aromatic carbocycles. The normalized spacial score (nSPS) is 20.0. The number of ether oxygens (including phenoxy) is 1. The molecule has 0 aliphatic carbocycles. The van der Waals surface area contributed by atoms with E-state index in [0.717, 1.165) is 37.2 Å². The van der Waals surface area contributed by atoms with Gasteiger partial charge in [0, 0.05) is 19.0 Å². The minimum Gasteiger partial charge on any atom is -0.497 e. The topological polar surface area (TPSA) is 32.7 Å². The van der Waals surface area contributed by atoms with Gasteiger partial charge in [-0.1, -0.05) is 72.8 Å². The zero-order chi connectivity index (χ0) is 20.1. The Bertz CT molecular complexity index is 873. The number of benzene rings is 3. The molecule has 3 heteroatoms. The van der Waals surface area contributed by atoms with E-state index in [0.29, 0.717) is 6.54 Å². The van der Waals surface area contributed by atoms with Gasteiger partial charge in [0.25, 0.3) is 0 Å². The molecule has 1 aliphatic heterocycles. The van der Waals surface area contributed by atoms with Gasteiger partial charge in [0.15, 0.2) is 0 Å². The highest BCUT2D eigenvalue weighted by Crippen LogP contribution is 2.35. The average molecular weight is 388 g/mol. The third-order valence-electron chi connectivity index (χ3n) is 6.00. The van der Waals surface area contributed by atoms with Crippen molar-refractivity contribution in [3.63, 3.8) is 0 Å². The summed E-state index contributed by atoms with van der Waals surface area (Å²) in [6.45, 7) is 2.53. The number of likely N-dealkylation sites (tertiary alicyclic amines) is 1. The summed E-state index contributed by atoms with van der Waals surface area (Å²) in [6.07, 6.45) is 1.75. The fraction of sp³-hybridized carbons (Fsp3) is 0.308. The van der Waals surface area contributed by atoms with Crippen LogP contribution < -0.4 is 4.74 Å². The zero-order valence-corrected chi connectivity index (χ0v) is 17.0. The molecule has 1 N–H and O–H groups in total. The summed E-state index contributed by atoms with van der Waals surface area (Å²) >= 11 is 0. The molecule has 3 nitrogen and oxygen atoms in total. The smallest absolute Gasteiger partial charge is 0.119 e. The lowest BCUT2D eigenvalue weighted by atomic mass is 9.84. The van der Waals surface area contributed by atoms with Crippen molar-refractivity contribution < 1.29 is 9.84 Å². The van der Waals surface area contributed by atoms with Gasteiger partial charge in [-0.2, -0.15) is 0 Å². The van der Waals surface area contributed by atoms with E-state index in [1.165, 1.54) is 11.1 Å². The number of rotatable bonds is 6. The quantitative estimate of drug-likeness (QED) is 0.659. The lowest BCUT2D eigenvalue weighted by Gasteiger charge is -2.41. The van der Waals surface area contributed by atoms with E-state index >= 15 is 0 Å². The molecule has 1 saturated heterocycles. The van der Waals surface area contributed by atoms with Crippen LogP contribution in [0.3, 0.4) is 0 Å². The highest BCUT2D eigenvalue weighted by Gasteiger charge is 2.36. The van der Waals surface area contributed by atoms with E-state index in [9.17, 15) is 5.11 Å². The lowest BCUT2D eigenvalue weighted by molar-refractivity contribution is -0.0364. The average Bonchev–Trinajstić information content (AvgIpc) is 2.79. The van der Waals surface area contributed by atoms with Crippen molar-refractivity contribution in [2.24, 2.45) is 0 Å². The molecule has 1 unspecified atom stereocenters. The maximum absolute atomic E-state index is 11.5. The van der Waals surface area contributed by atoms with E-state index in [-0.39, 0.29) is 5.92 Å².